The van der Waals surface area contributed by atoms with Gasteiger partial charge in [0.2, 0.25) is 5.91 Å². The Morgan fingerprint density at radius 1 is 1.36 bits per heavy atom. The Hall–Kier alpha value is -1.84. The van der Waals surface area contributed by atoms with Crippen LogP contribution in [0.4, 0.5) is 0 Å². The summed E-state index contributed by atoms with van der Waals surface area (Å²) in [7, 11) is 0. The number of imidazole rings is 1. The topological polar surface area (TPSA) is 46.9 Å². The second-order valence-electron chi connectivity index (χ2n) is 6.67. The molecule has 1 N–H and O–H groups in total. The van der Waals surface area contributed by atoms with Crippen molar-refractivity contribution in [2.24, 2.45) is 11.8 Å². The van der Waals surface area contributed by atoms with Gasteiger partial charge >= 0.3 is 0 Å². The number of rotatable bonds is 7. The van der Waals surface area contributed by atoms with Gasteiger partial charge in [0.25, 0.3) is 0 Å². The van der Waals surface area contributed by atoms with Crippen LogP contribution in [0.3, 0.4) is 0 Å². The smallest absolute Gasteiger partial charge is 0.223 e. The lowest BCUT2D eigenvalue weighted by Crippen LogP contribution is -2.27. The molecule has 0 aliphatic heterocycles. The molecule has 3 rings (SSSR count). The fourth-order valence-electron chi connectivity index (χ4n) is 2.74. The summed E-state index contributed by atoms with van der Waals surface area (Å²) in [4.78, 5) is 16.5. The largest absolute Gasteiger partial charge is 0.355 e. The van der Waals surface area contributed by atoms with Crippen LogP contribution >= 0.6 is 0 Å². The summed E-state index contributed by atoms with van der Waals surface area (Å²) in [5.41, 5.74) is 2.25. The van der Waals surface area contributed by atoms with Crippen LogP contribution in [-0.4, -0.2) is 22.0 Å². The van der Waals surface area contributed by atoms with Crippen LogP contribution in [0, 0.1) is 11.8 Å². The minimum Gasteiger partial charge on any atom is -0.355 e. The lowest BCUT2D eigenvalue weighted by molar-refractivity contribution is -0.122. The van der Waals surface area contributed by atoms with Crippen molar-refractivity contribution in [3.8, 4) is 0 Å². The van der Waals surface area contributed by atoms with Crippen LogP contribution in [0.2, 0.25) is 0 Å². The van der Waals surface area contributed by atoms with Crippen LogP contribution in [0.1, 0.15) is 38.9 Å². The summed E-state index contributed by atoms with van der Waals surface area (Å²) in [5, 5.41) is 3.04. The van der Waals surface area contributed by atoms with E-state index in [0.717, 1.165) is 43.6 Å². The molecule has 4 heteroatoms. The number of aryl methyl sites for hydroxylation is 1. The number of nitrogens with zero attached hydrogens (tertiary/aromatic N) is 2. The highest BCUT2D eigenvalue weighted by Crippen LogP contribution is 2.28. The highest BCUT2D eigenvalue weighted by atomic mass is 16.2. The Morgan fingerprint density at radius 3 is 2.86 bits per heavy atom. The molecular formula is C18H25N3O. The van der Waals surface area contributed by atoms with Gasteiger partial charge in [-0.1, -0.05) is 26.0 Å². The van der Waals surface area contributed by atoms with E-state index in [4.69, 9.17) is 4.98 Å². The van der Waals surface area contributed by atoms with Crippen molar-refractivity contribution < 1.29 is 4.79 Å². The Labute approximate surface area is 131 Å². The summed E-state index contributed by atoms with van der Waals surface area (Å²) >= 11 is 0. The number of aromatic nitrogens is 2. The number of para-hydroxylation sites is 2. The first-order chi connectivity index (χ1) is 10.6. The molecule has 118 valence electrons. The zero-order chi connectivity index (χ0) is 15.5. The maximum atomic E-state index is 11.7. The van der Waals surface area contributed by atoms with Gasteiger partial charge in [-0.2, -0.15) is 0 Å². The zero-order valence-electron chi connectivity index (χ0n) is 13.5. The average Bonchev–Trinajstić information content (AvgIpc) is 3.28. The van der Waals surface area contributed by atoms with Gasteiger partial charge in [-0.05, 0) is 37.3 Å². The van der Waals surface area contributed by atoms with Crippen LogP contribution in [-0.2, 0) is 17.8 Å². The van der Waals surface area contributed by atoms with E-state index >= 15 is 0 Å². The number of nitrogens with one attached hydrogen (secondary N) is 1. The van der Waals surface area contributed by atoms with Crippen molar-refractivity contribution in [2.75, 3.05) is 6.54 Å². The molecule has 2 aromatic rings. The molecule has 0 atom stereocenters. The lowest BCUT2D eigenvalue weighted by Gasteiger charge is -2.11. The summed E-state index contributed by atoms with van der Waals surface area (Å²) in [5.74, 6) is 2.24. The number of carbonyl (C=O) groups excluding carboxylic acids is 1. The van der Waals surface area contributed by atoms with E-state index in [1.807, 2.05) is 6.07 Å². The third kappa shape index (κ3) is 3.49. The van der Waals surface area contributed by atoms with E-state index < -0.39 is 0 Å². The molecule has 4 nitrogen and oxygen atoms in total. The summed E-state index contributed by atoms with van der Waals surface area (Å²) < 4.78 is 2.32. The standard InChI is InChI=1S/C18H25N3O/c1-13(2)10-12-21-16-6-4-3-5-15(16)20-17(21)9-11-19-18(22)14-7-8-14/h3-6,13-14H,7-12H2,1-2H3,(H,19,22). The quantitative estimate of drug-likeness (QED) is 0.853. The highest BCUT2D eigenvalue weighted by Gasteiger charge is 2.29. The molecule has 1 amide bonds. The van der Waals surface area contributed by atoms with Crippen LogP contribution < -0.4 is 5.32 Å². The van der Waals surface area contributed by atoms with Crippen LogP contribution in [0.5, 0.6) is 0 Å². The maximum Gasteiger partial charge on any atom is 0.223 e. The molecule has 1 aromatic heterocycles. The van der Waals surface area contributed by atoms with Crippen molar-refractivity contribution in [3.63, 3.8) is 0 Å². The molecule has 0 radical (unpaired) electrons. The number of fused-ring (bicyclic) bond motifs is 1. The van der Waals surface area contributed by atoms with Gasteiger partial charge in [-0.3, -0.25) is 4.79 Å². The fraction of sp³-hybridized carbons (Fsp3) is 0.556. The number of carbonyl (C=O) groups is 1. The molecule has 1 heterocycles. The first-order valence-corrected chi connectivity index (χ1v) is 8.37. The highest BCUT2D eigenvalue weighted by molar-refractivity contribution is 5.80. The maximum absolute atomic E-state index is 11.7. The molecule has 1 aromatic carbocycles. The number of benzene rings is 1. The van der Waals surface area contributed by atoms with Gasteiger partial charge in [0.05, 0.1) is 11.0 Å². The molecule has 1 aliphatic rings. The fourth-order valence-corrected chi connectivity index (χ4v) is 2.74. The predicted octanol–water partition coefficient (Wildman–Crippen LogP) is 3.15. The minimum atomic E-state index is 0.213. The first-order valence-electron chi connectivity index (χ1n) is 8.37. The molecule has 0 unspecified atom stereocenters. The molecule has 0 saturated heterocycles. The molecule has 0 spiro atoms. The summed E-state index contributed by atoms with van der Waals surface area (Å²) in [6, 6.07) is 8.29. The zero-order valence-corrected chi connectivity index (χ0v) is 13.5. The van der Waals surface area contributed by atoms with E-state index in [1.165, 1.54) is 5.52 Å². The lowest BCUT2D eigenvalue weighted by atomic mass is 10.1. The van der Waals surface area contributed by atoms with Crippen molar-refractivity contribution in [1.29, 1.82) is 0 Å². The Morgan fingerprint density at radius 2 is 2.14 bits per heavy atom. The van der Waals surface area contributed by atoms with Gasteiger partial charge in [0.1, 0.15) is 5.82 Å². The van der Waals surface area contributed by atoms with Crippen molar-refractivity contribution in [2.45, 2.75) is 46.1 Å². The molecule has 1 fully saturated rings. The molecule has 1 aliphatic carbocycles. The number of amides is 1. The van der Waals surface area contributed by atoms with E-state index in [-0.39, 0.29) is 11.8 Å². The number of hydrogen-bond donors (Lipinski definition) is 1. The Balaban J connectivity index is 1.71. The monoisotopic (exact) mass is 299 g/mol. The normalized spacial score (nSPS) is 14.7. The van der Waals surface area contributed by atoms with Crippen LogP contribution in [0.25, 0.3) is 11.0 Å². The SMILES string of the molecule is CC(C)CCn1c(CCNC(=O)C2CC2)nc2ccccc21. The average molecular weight is 299 g/mol. The molecule has 0 bridgehead atoms. The molecule has 1 saturated carbocycles. The second-order valence-corrected chi connectivity index (χ2v) is 6.67. The van der Waals surface area contributed by atoms with Gasteiger partial charge in [-0.25, -0.2) is 4.98 Å². The molecule has 22 heavy (non-hydrogen) atoms. The van der Waals surface area contributed by atoms with Crippen molar-refractivity contribution >= 4 is 16.9 Å². The molecular weight excluding hydrogens is 274 g/mol. The van der Waals surface area contributed by atoms with E-state index in [2.05, 4.69) is 41.9 Å². The van der Waals surface area contributed by atoms with Crippen LogP contribution in [0.15, 0.2) is 24.3 Å². The van der Waals surface area contributed by atoms with Gasteiger partial charge in [0.15, 0.2) is 0 Å². The Kier molecular flexibility index (Phi) is 4.46. The summed E-state index contributed by atoms with van der Waals surface area (Å²) in [6.07, 6.45) is 4.05. The minimum absolute atomic E-state index is 0.213. The predicted molar refractivity (Wildman–Crippen MR) is 88.6 cm³/mol. The van der Waals surface area contributed by atoms with E-state index in [9.17, 15) is 4.79 Å². The third-order valence-electron chi connectivity index (χ3n) is 4.26. The van der Waals surface area contributed by atoms with E-state index in [1.54, 1.807) is 0 Å². The first kappa shape index (κ1) is 15.1. The van der Waals surface area contributed by atoms with Crippen molar-refractivity contribution in [1.82, 2.24) is 14.9 Å². The Bertz CT molecular complexity index is 655. The second kappa shape index (κ2) is 6.51. The summed E-state index contributed by atoms with van der Waals surface area (Å²) in [6.45, 7) is 6.16. The van der Waals surface area contributed by atoms with Gasteiger partial charge in [0, 0.05) is 25.4 Å². The third-order valence-corrected chi connectivity index (χ3v) is 4.26. The van der Waals surface area contributed by atoms with Gasteiger partial charge in [-0.15, -0.1) is 0 Å². The van der Waals surface area contributed by atoms with Gasteiger partial charge < -0.3 is 9.88 Å². The van der Waals surface area contributed by atoms with Crippen molar-refractivity contribution in [3.05, 3.63) is 30.1 Å². The number of hydrogen-bond acceptors (Lipinski definition) is 2. The van der Waals surface area contributed by atoms with E-state index in [0.29, 0.717) is 12.5 Å².